The van der Waals surface area contributed by atoms with Crippen molar-refractivity contribution in [1.29, 1.82) is 0 Å². The van der Waals surface area contributed by atoms with Gasteiger partial charge in [-0.2, -0.15) is 0 Å². The second kappa shape index (κ2) is 8.75. The molecule has 1 heterocycles. The Morgan fingerprint density at radius 3 is 2.50 bits per heavy atom. The lowest BCUT2D eigenvalue weighted by atomic mass is 10.0. The van der Waals surface area contributed by atoms with Crippen molar-refractivity contribution in [2.24, 2.45) is 5.92 Å². The van der Waals surface area contributed by atoms with Crippen LogP contribution in [0.5, 0.6) is 0 Å². The van der Waals surface area contributed by atoms with Gasteiger partial charge in [0.05, 0.1) is 0 Å². The lowest BCUT2D eigenvalue weighted by molar-refractivity contribution is 0.255. The van der Waals surface area contributed by atoms with Crippen molar-refractivity contribution < 1.29 is 5.11 Å². The molecule has 0 aliphatic rings. The summed E-state index contributed by atoms with van der Waals surface area (Å²) in [5.41, 5.74) is 0. The molecule has 1 unspecified atom stereocenters. The lowest BCUT2D eigenvalue weighted by Gasteiger charge is -2.16. The number of rotatable bonds is 9. The summed E-state index contributed by atoms with van der Waals surface area (Å²) in [6, 6.07) is 5.93. The zero-order valence-electron chi connectivity index (χ0n) is 11.4. The average molecular weight is 251 g/mol. The monoisotopic (exact) mass is 251 g/mol. The molecule has 0 aliphatic heterocycles. The Morgan fingerprint density at radius 2 is 1.89 bits per heavy atom. The first-order chi connectivity index (χ1) is 8.80. The Hall–Kier alpha value is -1.29. The van der Waals surface area contributed by atoms with E-state index in [0.29, 0.717) is 5.92 Å². The van der Waals surface area contributed by atoms with E-state index in [2.05, 4.69) is 29.5 Å². The maximum Gasteiger partial charge on any atom is 0.128 e. The van der Waals surface area contributed by atoms with Crippen molar-refractivity contribution >= 4 is 11.6 Å². The zero-order chi connectivity index (χ0) is 13.2. The Balaban J connectivity index is 2.47. The zero-order valence-corrected chi connectivity index (χ0v) is 11.4. The number of anilines is 2. The maximum absolute atomic E-state index is 9.02. The second-order valence-electron chi connectivity index (χ2n) is 4.49. The summed E-state index contributed by atoms with van der Waals surface area (Å²) in [7, 11) is 0. The van der Waals surface area contributed by atoms with E-state index in [0.717, 1.165) is 44.0 Å². The number of nitrogens with one attached hydrogen (secondary N) is 2. The van der Waals surface area contributed by atoms with Crippen LogP contribution in [0.15, 0.2) is 18.2 Å². The van der Waals surface area contributed by atoms with Crippen LogP contribution in [0.4, 0.5) is 11.6 Å². The molecule has 1 aromatic heterocycles. The third-order valence-electron chi connectivity index (χ3n) is 2.91. The first-order valence-electron chi connectivity index (χ1n) is 6.85. The number of hydrogen-bond donors (Lipinski definition) is 3. The lowest BCUT2D eigenvalue weighted by Crippen LogP contribution is -2.16. The normalized spacial score (nSPS) is 12.2. The Kier molecular flexibility index (Phi) is 7.18. The first kappa shape index (κ1) is 14.8. The molecule has 0 fully saturated rings. The van der Waals surface area contributed by atoms with E-state index in [1.165, 1.54) is 0 Å². The first-order valence-corrected chi connectivity index (χ1v) is 6.85. The second-order valence-corrected chi connectivity index (χ2v) is 4.49. The highest BCUT2D eigenvalue weighted by atomic mass is 16.3. The summed E-state index contributed by atoms with van der Waals surface area (Å²) < 4.78 is 0. The number of aliphatic hydroxyl groups is 1. The standard InChI is InChI=1S/C14H25N3O/c1-3-6-12(9-10-18)11-16-14-8-5-7-13(17-14)15-4-2/h5,7-8,12,18H,3-4,6,9-11H2,1-2H3,(H2,15,16,17). The molecule has 4 nitrogen and oxygen atoms in total. The summed E-state index contributed by atoms with van der Waals surface area (Å²) in [4.78, 5) is 4.47. The van der Waals surface area contributed by atoms with Gasteiger partial charge in [-0.05, 0) is 37.8 Å². The van der Waals surface area contributed by atoms with Crippen molar-refractivity contribution in [3.63, 3.8) is 0 Å². The van der Waals surface area contributed by atoms with Gasteiger partial charge in [0.1, 0.15) is 11.6 Å². The van der Waals surface area contributed by atoms with Crippen LogP contribution in [-0.4, -0.2) is 29.8 Å². The number of pyridine rings is 1. The van der Waals surface area contributed by atoms with Crippen LogP contribution >= 0.6 is 0 Å². The van der Waals surface area contributed by atoms with Crippen molar-refractivity contribution in [1.82, 2.24) is 4.98 Å². The molecule has 0 saturated carbocycles. The van der Waals surface area contributed by atoms with E-state index >= 15 is 0 Å². The smallest absolute Gasteiger partial charge is 0.128 e. The van der Waals surface area contributed by atoms with Gasteiger partial charge in [-0.15, -0.1) is 0 Å². The van der Waals surface area contributed by atoms with Gasteiger partial charge in [0.2, 0.25) is 0 Å². The van der Waals surface area contributed by atoms with Crippen LogP contribution in [0.3, 0.4) is 0 Å². The number of aliphatic hydroxyl groups excluding tert-OH is 1. The van der Waals surface area contributed by atoms with Gasteiger partial charge in [0.15, 0.2) is 0 Å². The van der Waals surface area contributed by atoms with Crippen LogP contribution in [-0.2, 0) is 0 Å². The largest absolute Gasteiger partial charge is 0.396 e. The van der Waals surface area contributed by atoms with E-state index in [-0.39, 0.29) is 6.61 Å². The van der Waals surface area contributed by atoms with Crippen molar-refractivity contribution in [2.75, 3.05) is 30.3 Å². The topological polar surface area (TPSA) is 57.2 Å². The predicted molar refractivity (Wildman–Crippen MR) is 77.0 cm³/mol. The summed E-state index contributed by atoms with van der Waals surface area (Å²) in [6.45, 7) is 6.24. The molecule has 0 amide bonds. The molecule has 0 aromatic carbocycles. The van der Waals surface area contributed by atoms with E-state index in [1.54, 1.807) is 0 Å². The minimum Gasteiger partial charge on any atom is -0.396 e. The van der Waals surface area contributed by atoms with E-state index < -0.39 is 0 Å². The number of aromatic nitrogens is 1. The highest BCUT2D eigenvalue weighted by Crippen LogP contribution is 2.14. The van der Waals surface area contributed by atoms with E-state index in [4.69, 9.17) is 5.11 Å². The quantitative estimate of drug-likeness (QED) is 0.631. The molecule has 102 valence electrons. The van der Waals surface area contributed by atoms with E-state index in [9.17, 15) is 0 Å². The molecule has 0 bridgehead atoms. The molecule has 0 aliphatic carbocycles. The fraction of sp³-hybridized carbons (Fsp3) is 0.643. The Labute approximate surface area is 110 Å². The Bertz CT molecular complexity index is 325. The molecular weight excluding hydrogens is 226 g/mol. The van der Waals surface area contributed by atoms with Crippen LogP contribution in [0.2, 0.25) is 0 Å². The van der Waals surface area contributed by atoms with Gasteiger partial charge in [0, 0.05) is 19.7 Å². The SMILES string of the molecule is CCCC(CCO)CNc1cccc(NCC)n1. The van der Waals surface area contributed by atoms with Crippen molar-refractivity contribution in [3.05, 3.63) is 18.2 Å². The molecule has 3 N–H and O–H groups in total. The average Bonchev–Trinajstić information content (AvgIpc) is 2.37. The van der Waals surface area contributed by atoms with Gasteiger partial charge in [-0.1, -0.05) is 19.4 Å². The molecule has 18 heavy (non-hydrogen) atoms. The van der Waals surface area contributed by atoms with Crippen LogP contribution in [0.1, 0.15) is 33.1 Å². The van der Waals surface area contributed by atoms with Gasteiger partial charge in [-0.3, -0.25) is 0 Å². The van der Waals surface area contributed by atoms with E-state index in [1.807, 2.05) is 18.2 Å². The minimum atomic E-state index is 0.261. The van der Waals surface area contributed by atoms with Gasteiger partial charge in [0.25, 0.3) is 0 Å². The molecule has 0 radical (unpaired) electrons. The molecule has 0 spiro atoms. The highest BCUT2D eigenvalue weighted by Gasteiger charge is 2.07. The number of nitrogens with zero attached hydrogens (tertiary/aromatic N) is 1. The summed E-state index contributed by atoms with van der Waals surface area (Å²) in [5.74, 6) is 2.31. The van der Waals surface area contributed by atoms with Gasteiger partial charge >= 0.3 is 0 Å². The predicted octanol–water partition coefficient (Wildman–Crippen LogP) is 2.72. The highest BCUT2D eigenvalue weighted by molar-refractivity contribution is 5.44. The van der Waals surface area contributed by atoms with Crippen LogP contribution in [0.25, 0.3) is 0 Å². The Morgan fingerprint density at radius 1 is 1.17 bits per heavy atom. The summed E-state index contributed by atoms with van der Waals surface area (Å²) in [5, 5.41) is 15.6. The number of hydrogen-bond acceptors (Lipinski definition) is 4. The van der Waals surface area contributed by atoms with Crippen LogP contribution in [0, 0.1) is 5.92 Å². The third kappa shape index (κ3) is 5.36. The van der Waals surface area contributed by atoms with Gasteiger partial charge < -0.3 is 15.7 Å². The fourth-order valence-corrected chi connectivity index (χ4v) is 2.00. The molecule has 1 rings (SSSR count). The molecule has 0 saturated heterocycles. The van der Waals surface area contributed by atoms with Gasteiger partial charge in [-0.25, -0.2) is 4.98 Å². The molecule has 1 atom stereocenters. The van der Waals surface area contributed by atoms with Crippen molar-refractivity contribution in [2.45, 2.75) is 33.1 Å². The molecule has 1 aromatic rings. The minimum absolute atomic E-state index is 0.261. The molecular formula is C14H25N3O. The summed E-state index contributed by atoms with van der Waals surface area (Å²) in [6.07, 6.45) is 3.14. The fourth-order valence-electron chi connectivity index (χ4n) is 2.00. The van der Waals surface area contributed by atoms with Crippen LogP contribution < -0.4 is 10.6 Å². The summed E-state index contributed by atoms with van der Waals surface area (Å²) >= 11 is 0. The van der Waals surface area contributed by atoms with Crippen molar-refractivity contribution in [3.8, 4) is 0 Å². The molecule has 4 heteroatoms. The maximum atomic E-state index is 9.02. The third-order valence-corrected chi connectivity index (χ3v) is 2.91.